The SMILES string of the molecule is C=CC(C)[C@H]1[C@@H]([Sn]([CH3])([CH3])[CH3])[C@@H]2C=C[C@H]1C2. The third-order valence-electron chi connectivity index (χ3n) is 4.50. The van der Waals surface area contributed by atoms with Crippen molar-refractivity contribution in [2.75, 3.05) is 0 Å². The van der Waals surface area contributed by atoms with Crippen LogP contribution in [-0.4, -0.2) is 18.4 Å². The molecule has 0 amide bonds. The Morgan fingerprint density at radius 3 is 2.40 bits per heavy atom. The van der Waals surface area contributed by atoms with Crippen molar-refractivity contribution in [3.63, 3.8) is 0 Å². The fourth-order valence-electron chi connectivity index (χ4n) is 3.95. The summed E-state index contributed by atoms with van der Waals surface area (Å²) in [6.07, 6.45) is 8.64. The Balaban J connectivity index is 2.28. The van der Waals surface area contributed by atoms with Gasteiger partial charge in [-0.25, -0.2) is 0 Å². The maximum atomic E-state index is 4.00. The third kappa shape index (κ3) is 1.94. The van der Waals surface area contributed by atoms with Gasteiger partial charge in [-0.1, -0.05) is 0 Å². The standard InChI is InChI=1S/C11H15.3CH3.Sn/c1-3-8(2)11-7-9-4-5-10(11)6-9;;;;/h3-5,7-11H,1,6H2,2H3;3*1H3;/t8?,9-,10+,11-;;;;/m1..../s1. The van der Waals surface area contributed by atoms with Crippen LogP contribution in [0.3, 0.4) is 0 Å². The molecule has 1 heteroatoms. The molecule has 1 unspecified atom stereocenters. The van der Waals surface area contributed by atoms with E-state index in [1.54, 1.807) is 0 Å². The average molecular weight is 311 g/mol. The van der Waals surface area contributed by atoms with Gasteiger partial charge in [-0.2, -0.15) is 0 Å². The predicted molar refractivity (Wildman–Crippen MR) is 70.7 cm³/mol. The van der Waals surface area contributed by atoms with Gasteiger partial charge in [0.05, 0.1) is 0 Å². The summed E-state index contributed by atoms with van der Waals surface area (Å²) in [5.41, 5.74) is 0. The van der Waals surface area contributed by atoms with E-state index < -0.39 is 18.4 Å². The zero-order valence-electron chi connectivity index (χ0n) is 10.5. The van der Waals surface area contributed by atoms with Crippen LogP contribution in [0.25, 0.3) is 0 Å². The van der Waals surface area contributed by atoms with Crippen LogP contribution in [0.5, 0.6) is 0 Å². The molecule has 2 aliphatic rings. The first-order valence-corrected chi connectivity index (χ1v) is 16.5. The zero-order valence-corrected chi connectivity index (χ0v) is 13.4. The van der Waals surface area contributed by atoms with Crippen LogP contribution in [0.1, 0.15) is 13.3 Å². The summed E-state index contributed by atoms with van der Waals surface area (Å²) in [6.45, 7) is 6.38. The van der Waals surface area contributed by atoms with Gasteiger partial charge in [-0.05, 0) is 0 Å². The Morgan fingerprint density at radius 1 is 1.27 bits per heavy atom. The van der Waals surface area contributed by atoms with Crippen molar-refractivity contribution >= 4 is 18.4 Å². The first kappa shape index (κ1) is 11.8. The van der Waals surface area contributed by atoms with Gasteiger partial charge in [0, 0.05) is 0 Å². The van der Waals surface area contributed by atoms with Crippen LogP contribution in [0.2, 0.25) is 18.8 Å². The van der Waals surface area contributed by atoms with E-state index in [2.05, 4.69) is 46.5 Å². The molecule has 2 aliphatic carbocycles. The van der Waals surface area contributed by atoms with E-state index in [9.17, 15) is 0 Å². The summed E-state index contributed by atoms with van der Waals surface area (Å²) in [5.74, 6) is 3.45. The van der Waals surface area contributed by atoms with Crippen molar-refractivity contribution < 1.29 is 0 Å². The van der Waals surface area contributed by atoms with Gasteiger partial charge in [0.15, 0.2) is 0 Å². The summed E-state index contributed by atoms with van der Waals surface area (Å²) in [7, 11) is 0. The molecule has 0 aromatic rings. The van der Waals surface area contributed by atoms with E-state index >= 15 is 0 Å². The summed E-state index contributed by atoms with van der Waals surface area (Å²) < 4.78 is 1.06. The van der Waals surface area contributed by atoms with Gasteiger partial charge >= 0.3 is 99.0 Å². The van der Waals surface area contributed by atoms with E-state index in [1.165, 1.54) is 6.42 Å². The Hall–Kier alpha value is 0.279. The first-order valence-electron chi connectivity index (χ1n) is 6.26. The van der Waals surface area contributed by atoms with E-state index in [1.807, 2.05) is 0 Å². The normalized spacial score (nSPS) is 40.8. The van der Waals surface area contributed by atoms with Crippen molar-refractivity contribution in [3.8, 4) is 0 Å². The van der Waals surface area contributed by atoms with Crippen molar-refractivity contribution in [2.45, 2.75) is 32.1 Å². The summed E-state index contributed by atoms with van der Waals surface area (Å²) in [6, 6.07) is 0. The minimum atomic E-state index is -1.76. The van der Waals surface area contributed by atoms with Crippen molar-refractivity contribution in [1.82, 2.24) is 0 Å². The Morgan fingerprint density at radius 2 is 1.87 bits per heavy atom. The van der Waals surface area contributed by atoms with Crippen LogP contribution >= 0.6 is 0 Å². The molecule has 0 spiro atoms. The topological polar surface area (TPSA) is 0 Å². The fourth-order valence-corrected chi connectivity index (χ4v) is 13.2. The molecule has 0 aromatic heterocycles. The van der Waals surface area contributed by atoms with Crippen molar-refractivity contribution in [3.05, 3.63) is 24.8 Å². The minimum absolute atomic E-state index is 0.714. The second-order valence-corrected chi connectivity index (χ2v) is 21.9. The van der Waals surface area contributed by atoms with Gasteiger partial charge < -0.3 is 0 Å². The van der Waals surface area contributed by atoms with Crippen LogP contribution in [0.15, 0.2) is 24.8 Å². The van der Waals surface area contributed by atoms with E-state index in [0.717, 1.165) is 21.7 Å². The number of hydrogen-bond donors (Lipinski definition) is 0. The van der Waals surface area contributed by atoms with Crippen molar-refractivity contribution in [2.24, 2.45) is 23.7 Å². The molecule has 0 aliphatic heterocycles. The van der Waals surface area contributed by atoms with Crippen molar-refractivity contribution in [1.29, 1.82) is 0 Å². The Labute approximate surface area is 98.7 Å². The Kier molecular flexibility index (Phi) is 3.09. The van der Waals surface area contributed by atoms with Gasteiger partial charge in [0.2, 0.25) is 0 Å². The van der Waals surface area contributed by atoms with E-state index in [4.69, 9.17) is 0 Å². The monoisotopic (exact) mass is 312 g/mol. The molecular formula is C14H24Sn. The first-order chi connectivity index (χ1) is 6.95. The molecule has 84 valence electrons. The molecule has 15 heavy (non-hydrogen) atoms. The van der Waals surface area contributed by atoms with Gasteiger partial charge in [0.25, 0.3) is 0 Å². The third-order valence-corrected chi connectivity index (χ3v) is 12.5. The zero-order chi connectivity index (χ0) is 11.2. The summed E-state index contributed by atoms with van der Waals surface area (Å²) >= 11 is -1.76. The fraction of sp³-hybridized carbons (Fsp3) is 0.714. The Bertz CT molecular complexity index is 284. The second kappa shape index (κ2) is 3.94. The molecule has 0 N–H and O–H groups in total. The molecule has 0 heterocycles. The molecule has 1 saturated carbocycles. The quantitative estimate of drug-likeness (QED) is 0.537. The van der Waals surface area contributed by atoms with Crippen LogP contribution in [0.4, 0.5) is 0 Å². The van der Waals surface area contributed by atoms with Gasteiger partial charge in [0.1, 0.15) is 0 Å². The number of fused-ring (bicyclic) bond motifs is 2. The summed E-state index contributed by atoms with van der Waals surface area (Å²) in [5, 5.41) is 0. The van der Waals surface area contributed by atoms with Crippen LogP contribution in [0, 0.1) is 23.7 Å². The number of rotatable bonds is 3. The molecule has 0 aromatic carbocycles. The molecule has 0 saturated heterocycles. The molecule has 0 radical (unpaired) electrons. The second-order valence-electron chi connectivity index (χ2n) is 6.51. The van der Waals surface area contributed by atoms with Gasteiger partial charge in [-0.3, -0.25) is 0 Å². The van der Waals surface area contributed by atoms with Crippen LogP contribution in [-0.2, 0) is 0 Å². The molecular weight excluding hydrogens is 287 g/mol. The molecule has 1 fully saturated rings. The number of allylic oxidation sites excluding steroid dienone is 3. The summed E-state index contributed by atoms with van der Waals surface area (Å²) in [4.78, 5) is 7.82. The number of hydrogen-bond acceptors (Lipinski definition) is 0. The molecule has 2 bridgehead atoms. The maximum absolute atomic E-state index is 4.00. The van der Waals surface area contributed by atoms with Crippen LogP contribution < -0.4 is 0 Å². The molecule has 0 nitrogen and oxygen atoms in total. The predicted octanol–water partition coefficient (Wildman–Crippen LogP) is 4.34. The molecule has 5 atom stereocenters. The molecule has 2 rings (SSSR count). The van der Waals surface area contributed by atoms with Gasteiger partial charge in [-0.15, -0.1) is 0 Å². The average Bonchev–Trinajstić information content (AvgIpc) is 2.73. The van der Waals surface area contributed by atoms with E-state index in [-0.39, 0.29) is 0 Å². The van der Waals surface area contributed by atoms with E-state index in [0.29, 0.717) is 5.92 Å².